The van der Waals surface area contributed by atoms with Crippen LogP contribution >= 0.6 is 11.8 Å². The number of aromatic nitrogens is 2. The molecule has 1 aliphatic carbocycles. The summed E-state index contributed by atoms with van der Waals surface area (Å²) in [6.07, 6.45) is 5.32. The van der Waals surface area contributed by atoms with Gasteiger partial charge in [0.2, 0.25) is 0 Å². The molecule has 2 aromatic rings. The van der Waals surface area contributed by atoms with Crippen molar-refractivity contribution in [2.75, 3.05) is 0 Å². The summed E-state index contributed by atoms with van der Waals surface area (Å²) in [6, 6.07) is 5.31. The predicted molar refractivity (Wildman–Crippen MR) is 79.7 cm³/mol. The van der Waals surface area contributed by atoms with Crippen LogP contribution in [0.2, 0.25) is 0 Å². The van der Waals surface area contributed by atoms with Gasteiger partial charge in [0.05, 0.1) is 5.75 Å². The minimum atomic E-state index is 0.283. The van der Waals surface area contributed by atoms with Crippen LogP contribution in [0.1, 0.15) is 37.1 Å². The van der Waals surface area contributed by atoms with Crippen LogP contribution in [0.15, 0.2) is 22.7 Å². The lowest BCUT2D eigenvalue weighted by molar-refractivity contribution is 0.425. The molecule has 5 heteroatoms. The Morgan fingerprint density at radius 3 is 2.90 bits per heavy atom. The zero-order valence-corrected chi connectivity index (χ0v) is 12.3. The van der Waals surface area contributed by atoms with E-state index in [1.165, 1.54) is 25.7 Å². The monoisotopic (exact) mass is 290 g/mol. The van der Waals surface area contributed by atoms with Gasteiger partial charge in [-0.2, -0.15) is 16.7 Å². The maximum Gasteiger partial charge on any atom is 0.257 e. The van der Waals surface area contributed by atoms with E-state index in [-0.39, 0.29) is 5.75 Å². The fraction of sp³-hybridized carbons (Fsp3) is 0.467. The van der Waals surface area contributed by atoms with Crippen LogP contribution in [0.25, 0.3) is 11.5 Å². The maximum absolute atomic E-state index is 9.53. The van der Waals surface area contributed by atoms with Crippen LogP contribution in [0.4, 0.5) is 0 Å². The SMILES string of the molecule is Cc1cc(-c2nc(CSC3CCCC3)no2)ccc1O. The molecular weight excluding hydrogens is 272 g/mol. The van der Waals surface area contributed by atoms with E-state index in [1.807, 2.05) is 24.8 Å². The molecule has 3 rings (SSSR count). The van der Waals surface area contributed by atoms with Crippen LogP contribution in [-0.2, 0) is 5.75 Å². The molecule has 0 unspecified atom stereocenters. The first kappa shape index (κ1) is 13.5. The second kappa shape index (κ2) is 5.87. The molecule has 1 heterocycles. The Balaban J connectivity index is 1.67. The topological polar surface area (TPSA) is 59.2 Å². The van der Waals surface area contributed by atoms with Gasteiger partial charge in [0.1, 0.15) is 5.75 Å². The second-order valence-corrected chi connectivity index (χ2v) is 6.52. The number of hydrogen-bond acceptors (Lipinski definition) is 5. The zero-order chi connectivity index (χ0) is 13.9. The van der Waals surface area contributed by atoms with Gasteiger partial charge in [0, 0.05) is 10.8 Å². The molecule has 1 saturated carbocycles. The number of hydrogen-bond donors (Lipinski definition) is 1. The standard InChI is InChI=1S/C15H18N2O2S/c1-10-8-11(6-7-13(10)18)15-16-14(17-19-15)9-20-12-4-2-3-5-12/h6-8,12,18H,2-5,9H2,1H3. The summed E-state index contributed by atoms with van der Waals surface area (Å²) >= 11 is 1.93. The molecule has 1 aromatic heterocycles. The van der Waals surface area contributed by atoms with Crippen molar-refractivity contribution in [3.05, 3.63) is 29.6 Å². The molecule has 1 N–H and O–H groups in total. The van der Waals surface area contributed by atoms with E-state index in [0.29, 0.717) is 5.89 Å². The van der Waals surface area contributed by atoms with Crippen LogP contribution in [0, 0.1) is 6.92 Å². The Morgan fingerprint density at radius 2 is 2.15 bits per heavy atom. The quantitative estimate of drug-likeness (QED) is 0.924. The van der Waals surface area contributed by atoms with E-state index in [0.717, 1.165) is 28.0 Å². The number of aryl methyl sites for hydroxylation is 1. The molecule has 0 atom stereocenters. The number of rotatable bonds is 4. The Kier molecular flexibility index (Phi) is 3.96. The lowest BCUT2D eigenvalue weighted by Gasteiger charge is -2.04. The van der Waals surface area contributed by atoms with E-state index in [4.69, 9.17) is 4.52 Å². The summed E-state index contributed by atoms with van der Waals surface area (Å²) < 4.78 is 5.30. The van der Waals surface area contributed by atoms with E-state index < -0.39 is 0 Å². The normalized spacial score (nSPS) is 15.8. The van der Waals surface area contributed by atoms with E-state index in [1.54, 1.807) is 12.1 Å². The number of phenolic OH excluding ortho intramolecular Hbond substituents is 1. The third-order valence-electron chi connectivity index (χ3n) is 3.66. The van der Waals surface area contributed by atoms with Gasteiger partial charge in [-0.15, -0.1) is 0 Å². The van der Waals surface area contributed by atoms with Crippen molar-refractivity contribution < 1.29 is 9.63 Å². The summed E-state index contributed by atoms with van der Waals surface area (Å²) in [5, 5.41) is 14.3. The van der Waals surface area contributed by atoms with Gasteiger partial charge in [-0.05, 0) is 43.5 Å². The van der Waals surface area contributed by atoms with Crippen LogP contribution < -0.4 is 0 Å². The van der Waals surface area contributed by atoms with Crippen LogP contribution in [0.3, 0.4) is 0 Å². The molecule has 0 spiro atoms. The minimum Gasteiger partial charge on any atom is -0.508 e. The van der Waals surface area contributed by atoms with Gasteiger partial charge < -0.3 is 9.63 Å². The Morgan fingerprint density at radius 1 is 1.35 bits per heavy atom. The molecule has 20 heavy (non-hydrogen) atoms. The Labute approximate surface area is 122 Å². The largest absolute Gasteiger partial charge is 0.508 e. The second-order valence-electron chi connectivity index (χ2n) is 5.23. The Hall–Kier alpha value is -1.49. The van der Waals surface area contributed by atoms with E-state index in [9.17, 15) is 5.11 Å². The highest BCUT2D eigenvalue weighted by molar-refractivity contribution is 7.99. The van der Waals surface area contributed by atoms with E-state index >= 15 is 0 Å². The molecule has 4 nitrogen and oxygen atoms in total. The molecule has 0 radical (unpaired) electrons. The molecule has 1 fully saturated rings. The summed E-state index contributed by atoms with van der Waals surface area (Å²) in [7, 11) is 0. The van der Waals surface area contributed by atoms with Gasteiger partial charge in [-0.1, -0.05) is 18.0 Å². The first-order chi connectivity index (χ1) is 9.72. The van der Waals surface area contributed by atoms with Crippen molar-refractivity contribution >= 4 is 11.8 Å². The molecule has 0 amide bonds. The van der Waals surface area contributed by atoms with Gasteiger partial charge in [-0.25, -0.2) is 0 Å². The molecule has 0 aliphatic heterocycles. The fourth-order valence-corrected chi connectivity index (χ4v) is 3.63. The summed E-state index contributed by atoms with van der Waals surface area (Å²) in [5.41, 5.74) is 1.66. The van der Waals surface area contributed by atoms with Gasteiger partial charge in [-0.3, -0.25) is 0 Å². The van der Waals surface area contributed by atoms with Gasteiger partial charge in [0.25, 0.3) is 5.89 Å². The highest BCUT2D eigenvalue weighted by Gasteiger charge is 2.17. The predicted octanol–water partition coefficient (Wildman–Crippen LogP) is 3.93. The average molecular weight is 290 g/mol. The van der Waals surface area contributed by atoms with Crippen molar-refractivity contribution in [1.29, 1.82) is 0 Å². The highest BCUT2D eigenvalue weighted by Crippen LogP contribution is 2.31. The summed E-state index contributed by atoms with van der Waals surface area (Å²) in [4.78, 5) is 4.43. The Bertz CT molecular complexity index is 591. The first-order valence-corrected chi connectivity index (χ1v) is 8.01. The van der Waals surface area contributed by atoms with Crippen molar-refractivity contribution in [1.82, 2.24) is 10.1 Å². The molecule has 1 aliphatic rings. The fourth-order valence-electron chi connectivity index (χ4n) is 2.47. The number of phenols is 1. The molecule has 0 saturated heterocycles. The summed E-state index contributed by atoms with van der Waals surface area (Å²) in [5.74, 6) is 2.37. The number of aromatic hydroxyl groups is 1. The van der Waals surface area contributed by atoms with Crippen molar-refractivity contribution in [3.8, 4) is 17.2 Å². The van der Waals surface area contributed by atoms with Crippen molar-refractivity contribution in [2.45, 2.75) is 43.6 Å². The van der Waals surface area contributed by atoms with Gasteiger partial charge in [0.15, 0.2) is 5.82 Å². The first-order valence-electron chi connectivity index (χ1n) is 6.96. The molecule has 106 valence electrons. The van der Waals surface area contributed by atoms with Crippen molar-refractivity contribution in [3.63, 3.8) is 0 Å². The van der Waals surface area contributed by atoms with Gasteiger partial charge >= 0.3 is 0 Å². The molecule has 0 bridgehead atoms. The molecule has 1 aromatic carbocycles. The average Bonchev–Trinajstić information content (AvgIpc) is 3.10. The van der Waals surface area contributed by atoms with Crippen LogP contribution in [-0.4, -0.2) is 20.5 Å². The van der Waals surface area contributed by atoms with E-state index in [2.05, 4.69) is 10.1 Å². The number of benzene rings is 1. The third-order valence-corrected chi connectivity index (χ3v) is 5.03. The third kappa shape index (κ3) is 2.98. The van der Waals surface area contributed by atoms with Crippen molar-refractivity contribution in [2.24, 2.45) is 0 Å². The summed E-state index contributed by atoms with van der Waals surface area (Å²) in [6.45, 7) is 1.85. The smallest absolute Gasteiger partial charge is 0.257 e. The van der Waals surface area contributed by atoms with Crippen LogP contribution in [0.5, 0.6) is 5.75 Å². The minimum absolute atomic E-state index is 0.283. The maximum atomic E-state index is 9.53. The number of thioether (sulfide) groups is 1. The zero-order valence-electron chi connectivity index (χ0n) is 11.5. The highest BCUT2D eigenvalue weighted by atomic mass is 32.2. The lowest BCUT2D eigenvalue weighted by Crippen LogP contribution is -1.95. The molecular formula is C15H18N2O2S. The number of nitrogens with zero attached hydrogens (tertiary/aromatic N) is 2. The lowest BCUT2D eigenvalue weighted by atomic mass is 10.1.